The minimum absolute atomic E-state index is 0.313. The van der Waals surface area contributed by atoms with Gasteiger partial charge in [0, 0.05) is 10.6 Å². The van der Waals surface area contributed by atoms with Crippen LogP contribution < -0.4 is 4.74 Å². The van der Waals surface area contributed by atoms with E-state index in [4.69, 9.17) is 9.84 Å². The summed E-state index contributed by atoms with van der Waals surface area (Å²) in [7, 11) is 0. The van der Waals surface area contributed by atoms with Crippen LogP contribution in [0, 0.1) is 18.6 Å². The van der Waals surface area contributed by atoms with Crippen LogP contribution in [-0.4, -0.2) is 23.4 Å². The summed E-state index contributed by atoms with van der Waals surface area (Å²) in [6.07, 6.45) is 2.03. The maximum Gasteiger partial charge on any atom is 0.341 e. The largest absolute Gasteiger partial charge is 0.482 e. The van der Waals surface area contributed by atoms with Crippen LogP contribution in [0.1, 0.15) is 16.7 Å². The summed E-state index contributed by atoms with van der Waals surface area (Å²) in [5.41, 5.74) is 3.55. The Morgan fingerprint density at radius 3 is 2.03 bits per heavy atom. The topological polar surface area (TPSA) is 46.5 Å². The molecule has 0 amide bonds. The summed E-state index contributed by atoms with van der Waals surface area (Å²) in [6, 6.07) is 17.9. The minimum Gasteiger partial charge on any atom is -0.482 e. The van der Waals surface area contributed by atoms with Crippen molar-refractivity contribution < 1.29 is 23.4 Å². The SMILES string of the molecule is Cc1cc(OCC(=O)O)ccc1SCC=C(c1ccc(F)cc1)c1ccc(F)cc1. The molecular formula is C24H20F2O3S. The quantitative estimate of drug-likeness (QED) is 0.452. The van der Waals surface area contributed by atoms with Gasteiger partial charge in [-0.3, -0.25) is 0 Å². The van der Waals surface area contributed by atoms with Crippen molar-refractivity contribution in [2.75, 3.05) is 12.4 Å². The number of aryl methyl sites for hydroxylation is 1. The van der Waals surface area contributed by atoms with E-state index in [0.717, 1.165) is 27.2 Å². The monoisotopic (exact) mass is 426 g/mol. The van der Waals surface area contributed by atoms with E-state index in [2.05, 4.69) is 0 Å². The molecule has 0 saturated carbocycles. The third-order valence-corrected chi connectivity index (χ3v) is 5.45. The third-order valence-electron chi connectivity index (χ3n) is 4.35. The summed E-state index contributed by atoms with van der Waals surface area (Å²) in [4.78, 5) is 11.7. The Kier molecular flexibility index (Phi) is 7.25. The molecule has 0 aliphatic rings. The van der Waals surface area contributed by atoms with Gasteiger partial charge in [0.05, 0.1) is 0 Å². The van der Waals surface area contributed by atoms with Gasteiger partial charge in [-0.05, 0) is 71.7 Å². The van der Waals surface area contributed by atoms with Crippen molar-refractivity contribution >= 4 is 23.3 Å². The number of halogens is 2. The van der Waals surface area contributed by atoms with Crippen molar-refractivity contribution in [3.8, 4) is 5.75 Å². The van der Waals surface area contributed by atoms with E-state index in [9.17, 15) is 13.6 Å². The molecule has 0 bridgehead atoms. The highest BCUT2D eigenvalue weighted by molar-refractivity contribution is 7.99. The second-order valence-electron chi connectivity index (χ2n) is 6.55. The van der Waals surface area contributed by atoms with Crippen LogP contribution >= 0.6 is 11.8 Å². The molecule has 0 unspecified atom stereocenters. The van der Waals surface area contributed by atoms with Crippen molar-refractivity contribution in [3.05, 3.63) is 101 Å². The summed E-state index contributed by atoms with van der Waals surface area (Å²) in [5.74, 6) is -0.501. The number of carbonyl (C=O) groups is 1. The molecule has 30 heavy (non-hydrogen) atoms. The summed E-state index contributed by atoms with van der Waals surface area (Å²) < 4.78 is 31.9. The van der Waals surface area contributed by atoms with E-state index < -0.39 is 5.97 Å². The Morgan fingerprint density at radius 1 is 0.967 bits per heavy atom. The van der Waals surface area contributed by atoms with Crippen LogP contribution in [0.25, 0.3) is 5.57 Å². The minimum atomic E-state index is -1.02. The van der Waals surface area contributed by atoms with Crippen LogP contribution in [0.15, 0.2) is 77.7 Å². The predicted molar refractivity (Wildman–Crippen MR) is 115 cm³/mol. The van der Waals surface area contributed by atoms with Gasteiger partial charge in [-0.15, -0.1) is 11.8 Å². The number of aliphatic carboxylic acids is 1. The van der Waals surface area contributed by atoms with Gasteiger partial charge < -0.3 is 9.84 Å². The molecular weight excluding hydrogens is 406 g/mol. The molecule has 0 fully saturated rings. The summed E-state index contributed by atoms with van der Waals surface area (Å²) >= 11 is 1.61. The van der Waals surface area contributed by atoms with E-state index in [0.29, 0.717) is 11.5 Å². The van der Waals surface area contributed by atoms with Crippen LogP contribution in [-0.2, 0) is 4.79 Å². The first-order valence-electron chi connectivity index (χ1n) is 9.22. The lowest BCUT2D eigenvalue weighted by Gasteiger charge is -2.11. The fourth-order valence-electron chi connectivity index (χ4n) is 2.89. The smallest absolute Gasteiger partial charge is 0.341 e. The van der Waals surface area contributed by atoms with Gasteiger partial charge >= 0.3 is 5.97 Å². The van der Waals surface area contributed by atoms with Crippen LogP contribution in [0.2, 0.25) is 0 Å². The van der Waals surface area contributed by atoms with Crippen LogP contribution in [0.4, 0.5) is 8.78 Å². The highest BCUT2D eigenvalue weighted by Gasteiger charge is 2.08. The molecule has 0 radical (unpaired) electrons. The second-order valence-corrected chi connectivity index (χ2v) is 7.61. The molecule has 0 aliphatic carbocycles. The molecule has 6 heteroatoms. The molecule has 1 N–H and O–H groups in total. The van der Waals surface area contributed by atoms with Gasteiger partial charge in [0.25, 0.3) is 0 Å². The molecule has 0 aromatic heterocycles. The fraction of sp³-hybridized carbons (Fsp3) is 0.125. The number of rotatable bonds is 8. The van der Waals surface area contributed by atoms with Gasteiger partial charge in [0.2, 0.25) is 0 Å². The Bertz CT molecular complexity index is 998. The molecule has 0 saturated heterocycles. The van der Waals surface area contributed by atoms with E-state index in [-0.39, 0.29) is 18.2 Å². The van der Waals surface area contributed by atoms with E-state index in [1.807, 2.05) is 19.1 Å². The lowest BCUT2D eigenvalue weighted by Crippen LogP contribution is -2.09. The lowest BCUT2D eigenvalue weighted by atomic mass is 9.98. The molecule has 3 rings (SSSR count). The second kappa shape index (κ2) is 10.1. The highest BCUT2D eigenvalue weighted by atomic mass is 32.2. The predicted octanol–water partition coefficient (Wildman–Crippen LogP) is 5.96. The van der Waals surface area contributed by atoms with Crippen molar-refractivity contribution in [3.63, 3.8) is 0 Å². The lowest BCUT2D eigenvalue weighted by molar-refractivity contribution is -0.139. The average Bonchev–Trinajstić information content (AvgIpc) is 2.72. The molecule has 3 aromatic rings. The number of carboxylic acid groups (broad SMARTS) is 1. The van der Waals surface area contributed by atoms with Crippen LogP contribution in [0.3, 0.4) is 0 Å². The summed E-state index contributed by atoms with van der Waals surface area (Å²) in [5, 5.41) is 8.71. The molecule has 0 aliphatic heterocycles. The Balaban J connectivity index is 1.78. The number of ether oxygens (including phenoxy) is 1. The van der Waals surface area contributed by atoms with Gasteiger partial charge in [0.15, 0.2) is 6.61 Å². The van der Waals surface area contributed by atoms with Crippen molar-refractivity contribution in [1.29, 1.82) is 0 Å². The maximum absolute atomic E-state index is 13.3. The number of benzene rings is 3. The first-order chi connectivity index (χ1) is 14.4. The zero-order valence-corrected chi connectivity index (χ0v) is 17.1. The highest BCUT2D eigenvalue weighted by Crippen LogP contribution is 2.29. The first-order valence-corrected chi connectivity index (χ1v) is 10.2. The molecule has 3 aromatic carbocycles. The Morgan fingerprint density at radius 2 is 1.53 bits per heavy atom. The summed E-state index contributed by atoms with van der Waals surface area (Å²) in [6.45, 7) is 1.55. The van der Waals surface area contributed by atoms with E-state index in [1.165, 1.54) is 24.3 Å². The number of carboxylic acids is 1. The van der Waals surface area contributed by atoms with E-state index >= 15 is 0 Å². The van der Waals surface area contributed by atoms with Gasteiger partial charge in [0.1, 0.15) is 17.4 Å². The number of hydrogen-bond acceptors (Lipinski definition) is 3. The molecule has 3 nitrogen and oxygen atoms in total. The van der Waals surface area contributed by atoms with Gasteiger partial charge in [-0.25, -0.2) is 13.6 Å². The Hall–Kier alpha value is -3.12. The van der Waals surface area contributed by atoms with E-state index in [1.54, 1.807) is 48.2 Å². The average molecular weight is 426 g/mol. The van der Waals surface area contributed by atoms with Crippen molar-refractivity contribution in [1.82, 2.24) is 0 Å². The molecule has 0 atom stereocenters. The van der Waals surface area contributed by atoms with Crippen molar-refractivity contribution in [2.45, 2.75) is 11.8 Å². The van der Waals surface area contributed by atoms with Crippen LogP contribution in [0.5, 0.6) is 5.75 Å². The standard InChI is InChI=1S/C24H20F2O3S/c1-16-14-21(29-15-24(27)28)10-11-23(16)30-13-12-22(17-2-6-19(25)7-3-17)18-4-8-20(26)9-5-18/h2-12,14H,13,15H2,1H3,(H,27,28). The number of thioether (sulfide) groups is 1. The van der Waals surface area contributed by atoms with Crippen molar-refractivity contribution in [2.24, 2.45) is 0 Å². The third kappa shape index (κ3) is 5.94. The first kappa shape index (κ1) is 21.6. The Labute approximate surface area is 178 Å². The van der Waals surface area contributed by atoms with Gasteiger partial charge in [-0.2, -0.15) is 0 Å². The molecule has 154 valence electrons. The maximum atomic E-state index is 13.3. The normalized spacial score (nSPS) is 10.5. The zero-order chi connectivity index (χ0) is 21.5. The molecule has 0 heterocycles. The van der Waals surface area contributed by atoms with Gasteiger partial charge in [-0.1, -0.05) is 30.3 Å². The zero-order valence-electron chi connectivity index (χ0n) is 16.3. The fourth-order valence-corrected chi connectivity index (χ4v) is 3.78. The number of hydrogen-bond donors (Lipinski definition) is 1. The molecule has 0 spiro atoms.